The highest BCUT2D eigenvalue weighted by Crippen LogP contribution is 2.23. The summed E-state index contributed by atoms with van der Waals surface area (Å²) in [6, 6.07) is 9.03. The number of benzene rings is 1. The maximum Gasteiger partial charge on any atom is 0.358 e. The average molecular weight is 336 g/mol. The molecule has 0 saturated heterocycles. The van der Waals surface area contributed by atoms with Gasteiger partial charge in [-0.1, -0.05) is 12.1 Å². The largest absolute Gasteiger partial charge is 0.453 e. The summed E-state index contributed by atoms with van der Waals surface area (Å²) in [6.07, 6.45) is 4.25. The molecule has 7 heteroatoms. The van der Waals surface area contributed by atoms with Gasteiger partial charge in [0.25, 0.3) is 0 Å². The first-order chi connectivity index (χ1) is 11.7. The fourth-order valence-electron chi connectivity index (χ4n) is 2.04. The predicted octanol–water partition coefficient (Wildman–Crippen LogP) is 3.39. The lowest BCUT2D eigenvalue weighted by atomic mass is 10.1. The number of nitriles is 1. The Bertz CT molecular complexity index is 902. The van der Waals surface area contributed by atoms with Gasteiger partial charge in [-0.15, -0.1) is 11.3 Å². The number of nitrogens with zero attached hydrogens (tertiary/aromatic N) is 4. The van der Waals surface area contributed by atoms with Crippen molar-refractivity contribution in [2.24, 2.45) is 0 Å². The first-order valence-electron chi connectivity index (χ1n) is 7.10. The Balaban J connectivity index is 1.73. The van der Waals surface area contributed by atoms with Gasteiger partial charge in [0.15, 0.2) is 5.69 Å². The molecule has 0 aliphatic rings. The van der Waals surface area contributed by atoms with Gasteiger partial charge >= 0.3 is 5.97 Å². The molecule has 24 heavy (non-hydrogen) atoms. The fraction of sp³-hybridized carbons (Fsp3) is 0.118. The lowest BCUT2D eigenvalue weighted by molar-refractivity contribution is 0.0332. The maximum absolute atomic E-state index is 12.2. The number of carbonyl (C=O) groups excluding carboxylic acids is 1. The molecule has 2 heterocycles. The second-order valence-electron chi connectivity index (χ2n) is 4.91. The minimum atomic E-state index is -0.517. The van der Waals surface area contributed by atoms with Crippen LogP contribution in [0.15, 0.2) is 48.2 Å². The van der Waals surface area contributed by atoms with Crippen LogP contribution >= 0.6 is 11.3 Å². The van der Waals surface area contributed by atoms with Gasteiger partial charge in [-0.3, -0.25) is 9.97 Å². The molecule has 3 aromatic rings. The van der Waals surface area contributed by atoms with Crippen LogP contribution in [-0.2, 0) is 4.74 Å². The number of hydrogen-bond donors (Lipinski definition) is 0. The Kier molecular flexibility index (Phi) is 4.59. The summed E-state index contributed by atoms with van der Waals surface area (Å²) in [4.78, 5) is 24.6. The van der Waals surface area contributed by atoms with E-state index in [9.17, 15) is 4.79 Å². The molecule has 0 spiro atoms. The summed E-state index contributed by atoms with van der Waals surface area (Å²) in [5.74, 6) is -0.517. The fourth-order valence-corrected chi connectivity index (χ4v) is 2.79. The molecular formula is C17H12N4O2S. The van der Waals surface area contributed by atoms with Crippen molar-refractivity contribution in [2.45, 2.75) is 13.0 Å². The van der Waals surface area contributed by atoms with Crippen molar-refractivity contribution in [3.05, 3.63) is 65.1 Å². The Labute approximate surface area is 142 Å². The topological polar surface area (TPSA) is 88.8 Å². The molecule has 0 amide bonds. The standard InChI is InChI=1S/C17H12N4O2S/c1-11(13-4-2-3-12(7-13)8-18)23-17(22)15-10-24-16(21-15)14-9-19-5-6-20-14/h2-7,9-11H,1H3/t11-/m1/s1. The van der Waals surface area contributed by atoms with E-state index in [1.165, 1.54) is 11.3 Å². The number of aromatic nitrogens is 3. The Hall–Kier alpha value is -3.11. The molecule has 1 atom stereocenters. The monoisotopic (exact) mass is 336 g/mol. The number of carbonyl (C=O) groups is 1. The Morgan fingerprint density at radius 1 is 1.38 bits per heavy atom. The molecule has 0 saturated carbocycles. The SMILES string of the molecule is C[C@@H](OC(=O)c1csc(-c2cnccn2)n1)c1cccc(C#N)c1. The zero-order valence-electron chi connectivity index (χ0n) is 12.7. The van der Waals surface area contributed by atoms with Crippen molar-refractivity contribution in [3.8, 4) is 16.8 Å². The summed E-state index contributed by atoms with van der Waals surface area (Å²) in [5, 5.41) is 11.2. The zero-order valence-corrected chi connectivity index (χ0v) is 13.5. The smallest absolute Gasteiger partial charge is 0.358 e. The van der Waals surface area contributed by atoms with Gasteiger partial charge in [-0.25, -0.2) is 9.78 Å². The van der Waals surface area contributed by atoms with Crippen molar-refractivity contribution in [2.75, 3.05) is 0 Å². The van der Waals surface area contributed by atoms with E-state index in [0.717, 1.165) is 5.56 Å². The summed E-state index contributed by atoms with van der Waals surface area (Å²) in [7, 11) is 0. The third-order valence-corrected chi connectivity index (χ3v) is 4.13. The molecule has 118 valence electrons. The van der Waals surface area contributed by atoms with Crippen LogP contribution in [0.5, 0.6) is 0 Å². The van der Waals surface area contributed by atoms with E-state index < -0.39 is 12.1 Å². The molecule has 1 aromatic carbocycles. The lowest BCUT2D eigenvalue weighted by Crippen LogP contribution is -2.09. The van der Waals surface area contributed by atoms with Crippen LogP contribution in [0.25, 0.3) is 10.7 Å². The normalized spacial score (nSPS) is 11.5. The van der Waals surface area contributed by atoms with Crippen molar-refractivity contribution < 1.29 is 9.53 Å². The summed E-state index contributed by atoms with van der Waals surface area (Å²) < 4.78 is 5.43. The average Bonchev–Trinajstić information content (AvgIpc) is 3.13. The quantitative estimate of drug-likeness (QED) is 0.679. The van der Waals surface area contributed by atoms with Crippen LogP contribution in [0.3, 0.4) is 0 Å². The number of rotatable bonds is 4. The highest BCUT2D eigenvalue weighted by Gasteiger charge is 2.18. The molecule has 0 radical (unpaired) electrons. The number of esters is 1. The van der Waals surface area contributed by atoms with Crippen LogP contribution in [0.2, 0.25) is 0 Å². The van der Waals surface area contributed by atoms with Gasteiger partial charge in [-0.2, -0.15) is 5.26 Å². The third-order valence-electron chi connectivity index (χ3n) is 3.26. The molecule has 6 nitrogen and oxygen atoms in total. The summed E-state index contributed by atoms with van der Waals surface area (Å²) in [5.41, 5.74) is 2.11. The molecule has 2 aromatic heterocycles. The number of thiazole rings is 1. The van der Waals surface area contributed by atoms with Gasteiger partial charge in [0, 0.05) is 17.8 Å². The highest BCUT2D eigenvalue weighted by atomic mass is 32.1. The van der Waals surface area contributed by atoms with E-state index in [1.807, 2.05) is 6.07 Å². The van der Waals surface area contributed by atoms with E-state index in [1.54, 1.807) is 49.1 Å². The van der Waals surface area contributed by atoms with Gasteiger partial charge in [0.05, 0.1) is 17.8 Å². The van der Waals surface area contributed by atoms with E-state index in [2.05, 4.69) is 21.0 Å². The summed E-state index contributed by atoms with van der Waals surface area (Å²) >= 11 is 1.30. The lowest BCUT2D eigenvalue weighted by Gasteiger charge is -2.12. The molecule has 0 aliphatic carbocycles. The van der Waals surface area contributed by atoms with E-state index in [4.69, 9.17) is 10.00 Å². The minimum Gasteiger partial charge on any atom is -0.453 e. The van der Waals surface area contributed by atoms with Crippen LogP contribution in [0.1, 0.15) is 34.6 Å². The van der Waals surface area contributed by atoms with Crippen molar-refractivity contribution >= 4 is 17.3 Å². The maximum atomic E-state index is 12.2. The first kappa shape index (κ1) is 15.8. The Morgan fingerprint density at radius 3 is 3.00 bits per heavy atom. The number of ether oxygens (including phenoxy) is 1. The van der Waals surface area contributed by atoms with Gasteiger partial charge < -0.3 is 4.74 Å². The zero-order chi connectivity index (χ0) is 16.9. The van der Waals surface area contributed by atoms with E-state index in [0.29, 0.717) is 16.3 Å². The van der Waals surface area contributed by atoms with E-state index >= 15 is 0 Å². The van der Waals surface area contributed by atoms with Crippen molar-refractivity contribution in [1.82, 2.24) is 15.0 Å². The highest BCUT2D eigenvalue weighted by molar-refractivity contribution is 7.13. The predicted molar refractivity (Wildman–Crippen MR) is 88.1 cm³/mol. The van der Waals surface area contributed by atoms with Crippen LogP contribution in [0, 0.1) is 11.3 Å². The molecule has 3 rings (SSSR count). The molecule has 0 fully saturated rings. The third kappa shape index (κ3) is 3.45. The molecule has 0 aliphatic heterocycles. The Morgan fingerprint density at radius 2 is 2.25 bits per heavy atom. The van der Waals surface area contributed by atoms with Gasteiger partial charge in [-0.05, 0) is 24.6 Å². The van der Waals surface area contributed by atoms with Crippen LogP contribution in [-0.4, -0.2) is 20.9 Å². The van der Waals surface area contributed by atoms with Gasteiger partial charge in [0.1, 0.15) is 16.8 Å². The van der Waals surface area contributed by atoms with Gasteiger partial charge in [0.2, 0.25) is 0 Å². The first-order valence-corrected chi connectivity index (χ1v) is 7.98. The van der Waals surface area contributed by atoms with Crippen molar-refractivity contribution in [1.29, 1.82) is 5.26 Å². The molecule has 0 unspecified atom stereocenters. The second-order valence-corrected chi connectivity index (χ2v) is 5.77. The number of hydrogen-bond acceptors (Lipinski definition) is 7. The summed E-state index contributed by atoms with van der Waals surface area (Å²) in [6.45, 7) is 1.75. The van der Waals surface area contributed by atoms with Crippen molar-refractivity contribution in [3.63, 3.8) is 0 Å². The molecular weight excluding hydrogens is 324 g/mol. The minimum absolute atomic E-state index is 0.226. The second kappa shape index (κ2) is 6.98. The van der Waals surface area contributed by atoms with E-state index in [-0.39, 0.29) is 5.69 Å². The molecule has 0 N–H and O–H groups in total. The van der Waals surface area contributed by atoms with Crippen LogP contribution < -0.4 is 0 Å². The van der Waals surface area contributed by atoms with Crippen LogP contribution in [0.4, 0.5) is 0 Å². The molecule has 0 bridgehead atoms.